The lowest BCUT2D eigenvalue weighted by atomic mass is 10.0. The third-order valence-electron chi connectivity index (χ3n) is 5.41. The molecule has 1 atom stereocenters. The van der Waals surface area contributed by atoms with Gasteiger partial charge in [-0.1, -0.05) is 19.9 Å². The van der Waals surface area contributed by atoms with E-state index in [0.29, 0.717) is 28.7 Å². The summed E-state index contributed by atoms with van der Waals surface area (Å²) in [6, 6.07) is 9.05. The lowest BCUT2D eigenvalue weighted by Gasteiger charge is -2.16. The van der Waals surface area contributed by atoms with Gasteiger partial charge in [0.25, 0.3) is 5.91 Å². The Morgan fingerprint density at radius 3 is 2.12 bits per heavy atom. The van der Waals surface area contributed by atoms with E-state index in [1.54, 1.807) is 34.6 Å². The number of aromatic nitrogens is 1. The van der Waals surface area contributed by atoms with Crippen LogP contribution in [0.5, 0.6) is 23.0 Å². The zero-order chi connectivity index (χ0) is 24.1. The molecule has 0 spiro atoms. The van der Waals surface area contributed by atoms with E-state index in [4.69, 9.17) is 18.9 Å². The first kappa shape index (κ1) is 24.3. The second-order valence-electron chi connectivity index (χ2n) is 7.74. The monoisotopic (exact) mass is 472 g/mol. The van der Waals surface area contributed by atoms with Crippen molar-refractivity contribution in [2.24, 2.45) is 5.92 Å². The third kappa shape index (κ3) is 5.04. The third-order valence-corrected chi connectivity index (χ3v) is 6.26. The minimum Gasteiger partial charge on any atom is -0.495 e. The second-order valence-corrected chi connectivity index (χ2v) is 8.54. The number of methoxy groups -OCH3 is 4. The van der Waals surface area contributed by atoms with E-state index in [1.807, 2.05) is 44.2 Å². The van der Waals surface area contributed by atoms with Gasteiger partial charge in [0, 0.05) is 23.2 Å². The molecule has 0 aliphatic carbocycles. The van der Waals surface area contributed by atoms with Crippen LogP contribution in [0.3, 0.4) is 0 Å². The van der Waals surface area contributed by atoms with Crippen molar-refractivity contribution in [3.8, 4) is 44.6 Å². The molecule has 3 rings (SSSR count). The van der Waals surface area contributed by atoms with Gasteiger partial charge in [-0.05, 0) is 41.4 Å². The van der Waals surface area contributed by atoms with E-state index in [9.17, 15) is 4.79 Å². The van der Waals surface area contributed by atoms with Gasteiger partial charge in [-0.25, -0.2) is 0 Å². The molecule has 0 unspecified atom stereocenters. The smallest absolute Gasteiger partial charge is 0.282 e. The quantitative estimate of drug-likeness (QED) is 0.492. The van der Waals surface area contributed by atoms with Crippen LogP contribution in [0.2, 0.25) is 0 Å². The van der Waals surface area contributed by atoms with E-state index in [0.717, 1.165) is 21.6 Å². The minimum atomic E-state index is -0.379. The molecule has 1 aromatic heterocycles. The van der Waals surface area contributed by atoms with Gasteiger partial charge in [0.1, 0.15) is 5.75 Å². The molecular formula is C24H30N3O5S+. The number of carbonyl (C=O) groups is 1. The van der Waals surface area contributed by atoms with Crippen molar-refractivity contribution in [1.82, 2.24) is 4.37 Å². The topological polar surface area (TPSA) is 107 Å². The Kier molecular flexibility index (Phi) is 7.78. The van der Waals surface area contributed by atoms with Crippen LogP contribution in [0.4, 0.5) is 5.69 Å². The highest BCUT2D eigenvalue weighted by molar-refractivity contribution is 7.10. The highest BCUT2D eigenvalue weighted by Crippen LogP contribution is 2.45. The van der Waals surface area contributed by atoms with E-state index in [2.05, 4.69) is 15.4 Å². The lowest BCUT2D eigenvalue weighted by molar-refractivity contribution is -0.412. The maximum Gasteiger partial charge on any atom is 0.282 e. The Hall–Kier alpha value is -3.30. The van der Waals surface area contributed by atoms with E-state index in [-0.39, 0.29) is 17.9 Å². The van der Waals surface area contributed by atoms with Gasteiger partial charge >= 0.3 is 0 Å². The molecule has 0 aliphatic heterocycles. The molecule has 4 N–H and O–H groups in total. The van der Waals surface area contributed by atoms with E-state index >= 15 is 0 Å². The Morgan fingerprint density at radius 2 is 1.58 bits per heavy atom. The highest BCUT2D eigenvalue weighted by Gasteiger charge is 2.23. The molecule has 1 heterocycles. The Labute approximate surface area is 197 Å². The number of hydrogen-bond acceptors (Lipinski definition) is 7. The first-order valence-corrected chi connectivity index (χ1v) is 11.2. The number of amides is 1. The van der Waals surface area contributed by atoms with Crippen LogP contribution in [0.15, 0.2) is 36.5 Å². The maximum absolute atomic E-state index is 12.6. The SMILES string of the molecule is COc1ccc(-c2cnsc2-c2cc(OC)c(OC)c(OC)c2)cc1NC(=O)[C@@H]([NH3+])C(C)C. The molecule has 3 aromatic rings. The summed E-state index contributed by atoms with van der Waals surface area (Å²) < 4.78 is 26.3. The number of carbonyl (C=O) groups excluding carboxylic acids is 1. The predicted octanol–water partition coefficient (Wildman–Crippen LogP) is 3.72. The average Bonchev–Trinajstić information content (AvgIpc) is 3.32. The molecule has 9 heteroatoms. The molecule has 0 saturated carbocycles. The summed E-state index contributed by atoms with van der Waals surface area (Å²) in [5.74, 6) is 2.17. The maximum atomic E-state index is 12.6. The molecule has 8 nitrogen and oxygen atoms in total. The Balaban J connectivity index is 2.06. The van der Waals surface area contributed by atoms with Crippen LogP contribution in [-0.4, -0.2) is 44.8 Å². The fraction of sp³-hybridized carbons (Fsp3) is 0.333. The summed E-state index contributed by atoms with van der Waals surface area (Å²) in [5, 5.41) is 2.96. The first-order chi connectivity index (χ1) is 15.8. The van der Waals surface area contributed by atoms with Crippen molar-refractivity contribution in [3.05, 3.63) is 36.5 Å². The fourth-order valence-electron chi connectivity index (χ4n) is 3.37. The fourth-order valence-corrected chi connectivity index (χ4v) is 4.12. The number of ether oxygens (including phenoxy) is 4. The molecule has 1 amide bonds. The summed E-state index contributed by atoms with van der Waals surface area (Å²) in [6.45, 7) is 3.93. The van der Waals surface area contributed by atoms with Crippen LogP contribution in [-0.2, 0) is 4.79 Å². The predicted molar refractivity (Wildman–Crippen MR) is 129 cm³/mol. The molecular weight excluding hydrogens is 442 g/mol. The van der Waals surface area contributed by atoms with Crippen molar-refractivity contribution < 1.29 is 29.5 Å². The van der Waals surface area contributed by atoms with E-state index in [1.165, 1.54) is 11.5 Å². The molecule has 0 bridgehead atoms. The molecule has 0 aliphatic rings. The van der Waals surface area contributed by atoms with Gasteiger partial charge < -0.3 is 30.0 Å². The van der Waals surface area contributed by atoms with Gasteiger partial charge in [0.05, 0.1) is 39.0 Å². The van der Waals surface area contributed by atoms with Gasteiger partial charge in [-0.3, -0.25) is 4.79 Å². The zero-order valence-corrected chi connectivity index (χ0v) is 20.5. The summed E-state index contributed by atoms with van der Waals surface area (Å²) >= 11 is 1.36. The van der Waals surface area contributed by atoms with Gasteiger partial charge in [0.15, 0.2) is 17.5 Å². The summed E-state index contributed by atoms with van der Waals surface area (Å²) in [7, 11) is 6.31. The number of hydrogen-bond donors (Lipinski definition) is 2. The molecule has 0 saturated heterocycles. The lowest BCUT2D eigenvalue weighted by Crippen LogP contribution is -2.68. The molecule has 0 fully saturated rings. The van der Waals surface area contributed by atoms with Crippen molar-refractivity contribution in [1.29, 1.82) is 0 Å². The van der Waals surface area contributed by atoms with E-state index < -0.39 is 0 Å². The molecule has 0 radical (unpaired) electrons. The van der Waals surface area contributed by atoms with Crippen LogP contribution in [0.25, 0.3) is 21.6 Å². The van der Waals surface area contributed by atoms with Crippen LogP contribution in [0, 0.1) is 5.92 Å². The van der Waals surface area contributed by atoms with Crippen molar-refractivity contribution in [3.63, 3.8) is 0 Å². The zero-order valence-electron chi connectivity index (χ0n) is 19.7. The summed E-state index contributed by atoms with van der Waals surface area (Å²) in [4.78, 5) is 13.6. The number of benzene rings is 2. The molecule has 176 valence electrons. The Morgan fingerprint density at radius 1 is 0.939 bits per heavy atom. The molecule has 33 heavy (non-hydrogen) atoms. The van der Waals surface area contributed by atoms with Crippen LogP contribution < -0.4 is 30.0 Å². The number of nitrogens with one attached hydrogen (secondary N) is 1. The average molecular weight is 473 g/mol. The van der Waals surface area contributed by atoms with Crippen LogP contribution >= 0.6 is 11.5 Å². The minimum absolute atomic E-state index is 0.117. The Bertz CT molecular complexity index is 1100. The van der Waals surface area contributed by atoms with Crippen LogP contribution in [0.1, 0.15) is 13.8 Å². The van der Waals surface area contributed by atoms with Gasteiger partial charge in [0.2, 0.25) is 5.75 Å². The van der Waals surface area contributed by atoms with Gasteiger partial charge in [-0.2, -0.15) is 4.37 Å². The van der Waals surface area contributed by atoms with Gasteiger partial charge in [-0.15, -0.1) is 0 Å². The van der Waals surface area contributed by atoms with Crippen molar-refractivity contribution in [2.45, 2.75) is 19.9 Å². The molecule has 2 aromatic carbocycles. The largest absolute Gasteiger partial charge is 0.495 e. The number of quaternary nitrogens is 1. The highest BCUT2D eigenvalue weighted by atomic mass is 32.1. The number of rotatable bonds is 9. The number of nitrogens with zero attached hydrogens (tertiary/aromatic N) is 1. The normalized spacial score (nSPS) is 11.8. The summed E-state index contributed by atoms with van der Waals surface area (Å²) in [5.41, 5.74) is 7.21. The first-order valence-electron chi connectivity index (χ1n) is 10.4. The number of anilines is 1. The summed E-state index contributed by atoms with van der Waals surface area (Å²) in [6.07, 6.45) is 1.80. The van der Waals surface area contributed by atoms with Crippen molar-refractivity contribution in [2.75, 3.05) is 33.8 Å². The standard InChI is InChI=1S/C24H29N3O5S/c1-13(2)21(25)24(28)27-17-9-14(7-8-18(17)29-3)16-12-26-33-23(16)15-10-19(30-4)22(32-6)20(11-15)31-5/h7-13,21H,25H2,1-6H3,(H,27,28)/p+1/t21-/m0/s1. The second kappa shape index (κ2) is 10.5. The van der Waals surface area contributed by atoms with Crippen molar-refractivity contribution >= 4 is 23.1 Å².